The van der Waals surface area contributed by atoms with Gasteiger partial charge in [0.25, 0.3) is 0 Å². The van der Waals surface area contributed by atoms with Crippen LogP contribution in [-0.4, -0.2) is 72.2 Å². The summed E-state index contributed by atoms with van der Waals surface area (Å²) in [5.41, 5.74) is 0. The summed E-state index contributed by atoms with van der Waals surface area (Å²) >= 11 is 5.45. The molecule has 0 aliphatic carbocycles. The maximum absolute atomic E-state index is 11.6. The zero-order valence-electron chi connectivity index (χ0n) is 15.8. The summed E-state index contributed by atoms with van der Waals surface area (Å²) in [4.78, 5) is 36.2. The number of esters is 3. The van der Waals surface area contributed by atoms with Crippen molar-refractivity contribution >= 4 is 35.2 Å². The molecule has 0 radical (unpaired) electrons. The highest BCUT2D eigenvalue weighted by atomic mass is 32.1. The molecule has 1 N–H and O–H groups in total. The summed E-state index contributed by atoms with van der Waals surface area (Å²) in [6.45, 7) is 5.29. The molecule has 0 spiro atoms. The fourth-order valence-electron chi connectivity index (χ4n) is 3.14. The number of hydrogen-bond donors (Lipinski definition) is 1. The molecule has 2 rings (SSSR count). The lowest BCUT2D eigenvalue weighted by Crippen LogP contribution is -2.52. The minimum Gasteiger partial charge on any atom is -0.463 e. The Balaban J connectivity index is 2.13. The number of thiocarbonyl (C=S) groups is 1. The number of carbonyl (C=O) groups excluding carboxylic acids is 3. The Morgan fingerprint density at radius 3 is 2.15 bits per heavy atom. The zero-order valence-corrected chi connectivity index (χ0v) is 16.6. The molecule has 0 aromatic heterocycles. The molecule has 2 fully saturated rings. The molecule has 2 aliphatic heterocycles. The first-order valence-corrected chi connectivity index (χ1v) is 9.37. The number of carbonyl (C=O) groups is 3. The summed E-state index contributed by atoms with van der Waals surface area (Å²) in [5, 5.41) is 3.53. The molecule has 0 aromatic carbocycles. The summed E-state index contributed by atoms with van der Waals surface area (Å²) < 4.78 is 21.5. The van der Waals surface area contributed by atoms with Gasteiger partial charge in [0, 0.05) is 33.9 Å². The van der Waals surface area contributed by atoms with Crippen LogP contribution in [0.4, 0.5) is 0 Å². The second kappa shape index (κ2) is 9.84. The van der Waals surface area contributed by atoms with E-state index < -0.39 is 42.4 Å². The van der Waals surface area contributed by atoms with Crippen molar-refractivity contribution in [1.29, 1.82) is 0 Å². The highest BCUT2D eigenvalue weighted by Crippen LogP contribution is 2.27. The van der Waals surface area contributed by atoms with Crippen LogP contribution in [0.2, 0.25) is 0 Å². The third-order valence-corrected chi connectivity index (χ3v) is 4.65. The third-order valence-electron chi connectivity index (χ3n) is 4.27. The van der Waals surface area contributed by atoms with E-state index in [0.717, 1.165) is 32.4 Å². The number of ether oxygens (including phenoxy) is 4. The van der Waals surface area contributed by atoms with Crippen LogP contribution in [0.3, 0.4) is 0 Å². The van der Waals surface area contributed by atoms with Crippen LogP contribution in [0.1, 0.15) is 40.0 Å². The molecule has 0 aromatic rings. The van der Waals surface area contributed by atoms with Crippen molar-refractivity contribution in [3.63, 3.8) is 0 Å². The van der Waals surface area contributed by atoms with Crippen LogP contribution in [0, 0.1) is 0 Å². The molecule has 2 saturated heterocycles. The van der Waals surface area contributed by atoms with E-state index in [1.807, 2.05) is 4.90 Å². The van der Waals surface area contributed by atoms with E-state index in [9.17, 15) is 14.4 Å². The van der Waals surface area contributed by atoms with Gasteiger partial charge in [-0.15, -0.1) is 0 Å². The number of rotatable bonds is 5. The molecule has 2 heterocycles. The van der Waals surface area contributed by atoms with Crippen molar-refractivity contribution in [2.75, 3.05) is 19.7 Å². The Morgan fingerprint density at radius 2 is 1.59 bits per heavy atom. The molecule has 0 unspecified atom stereocenters. The lowest BCUT2D eigenvalue weighted by molar-refractivity contribution is -0.165. The lowest BCUT2D eigenvalue weighted by atomic mass is 10.1. The largest absolute Gasteiger partial charge is 0.463 e. The van der Waals surface area contributed by atoms with E-state index in [-0.39, 0.29) is 6.61 Å². The summed E-state index contributed by atoms with van der Waals surface area (Å²) in [6, 6.07) is 0. The van der Waals surface area contributed by atoms with Crippen molar-refractivity contribution in [2.24, 2.45) is 0 Å². The molecule has 0 amide bonds. The minimum absolute atomic E-state index is 0.139. The third kappa shape index (κ3) is 6.31. The minimum atomic E-state index is -0.924. The van der Waals surface area contributed by atoms with E-state index in [1.165, 1.54) is 20.8 Å². The highest BCUT2D eigenvalue weighted by molar-refractivity contribution is 7.80. The predicted octanol–water partition coefficient (Wildman–Crippen LogP) is 0.498. The number of nitrogens with one attached hydrogen (secondary N) is 1. The molecular formula is C17H26N2O7S. The Bertz CT molecular complexity index is 580. The van der Waals surface area contributed by atoms with E-state index in [2.05, 4.69) is 5.32 Å². The Hall–Kier alpha value is -1.94. The second-order valence-corrected chi connectivity index (χ2v) is 6.93. The Morgan fingerprint density at radius 1 is 1.00 bits per heavy atom. The van der Waals surface area contributed by atoms with E-state index in [4.69, 9.17) is 31.2 Å². The molecule has 0 bridgehead atoms. The molecular weight excluding hydrogens is 376 g/mol. The number of likely N-dealkylation sites (tertiary alicyclic amines) is 1. The van der Waals surface area contributed by atoms with Gasteiger partial charge in [-0.25, -0.2) is 0 Å². The molecule has 4 atom stereocenters. The van der Waals surface area contributed by atoms with Crippen LogP contribution in [0.15, 0.2) is 0 Å². The van der Waals surface area contributed by atoms with E-state index in [0.29, 0.717) is 5.11 Å². The van der Waals surface area contributed by atoms with Crippen LogP contribution in [0.25, 0.3) is 0 Å². The molecule has 9 nitrogen and oxygen atoms in total. The monoisotopic (exact) mass is 402 g/mol. The van der Waals surface area contributed by atoms with Crippen LogP contribution >= 0.6 is 12.2 Å². The SMILES string of the molecule is CC(=O)OC[C@H]1O[C@@H](NC(=S)N2CCCCC2)[C@H](OC(C)=O)[C@@H]1OC(C)=O. The number of piperidine rings is 1. The van der Waals surface area contributed by atoms with Crippen molar-refractivity contribution in [2.45, 2.75) is 64.6 Å². The fraction of sp³-hybridized carbons (Fsp3) is 0.765. The first kappa shape index (κ1) is 21.4. The predicted molar refractivity (Wildman–Crippen MR) is 97.6 cm³/mol. The summed E-state index contributed by atoms with van der Waals surface area (Å²) in [5.74, 6) is -1.61. The van der Waals surface area contributed by atoms with Gasteiger partial charge in [0.2, 0.25) is 0 Å². The molecule has 0 saturated carbocycles. The van der Waals surface area contributed by atoms with Gasteiger partial charge in [0.05, 0.1) is 0 Å². The molecule has 2 aliphatic rings. The van der Waals surface area contributed by atoms with Gasteiger partial charge in [0.1, 0.15) is 12.7 Å². The first-order chi connectivity index (χ1) is 12.8. The van der Waals surface area contributed by atoms with Crippen LogP contribution < -0.4 is 5.32 Å². The van der Waals surface area contributed by atoms with Gasteiger partial charge in [-0.05, 0) is 31.5 Å². The van der Waals surface area contributed by atoms with E-state index in [1.54, 1.807) is 0 Å². The maximum Gasteiger partial charge on any atom is 0.303 e. The Kier molecular flexibility index (Phi) is 7.78. The van der Waals surface area contributed by atoms with Crippen molar-refractivity contribution in [3.8, 4) is 0 Å². The quantitative estimate of drug-likeness (QED) is 0.397. The summed E-state index contributed by atoms with van der Waals surface area (Å²) in [6.07, 6.45) is -0.203. The molecule has 10 heteroatoms. The topological polar surface area (TPSA) is 103 Å². The normalized spacial score (nSPS) is 27.6. The molecule has 27 heavy (non-hydrogen) atoms. The maximum atomic E-state index is 11.6. The van der Waals surface area contributed by atoms with Crippen LogP contribution in [0.5, 0.6) is 0 Å². The second-order valence-electron chi connectivity index (χ2n) is 6.54. The number of nitrogens with zero attached hydrogens (tertiary/aromatic N) is 1. The first-order valence-electron chi connectivity index (χ1n) is 8.96. The van der Waals surface area contributed by atoms with E-state index >= 15 is 0 Å². The smallest absolute Gasteiger partial charge is 0.303 e. The van der Waals surface area contributed by atoms with Gasteiger partial charge in [-0.1, -0.05) is 0 Å². The zero-order chi connectivity index (χ0) is 20.0. The van der Waals surface area contributed by atoms with Gasteiger partial charge in [-0.2, -0.15) is 0 Å². The highest BCUT2D eigenvalue weighted by Gasteiger charge is 2.50. The van der Waals surface area contributed by atoms with Crippen LogP contribution in [-0.2, 0) is 33.3 Å². The lowest BCUT2D eigenvalue weighted by Gasteiger charge is -2.32. The Labute approximate surface area is 163 Å². The van der Waals surface area contributed by atoms with Gasteiger partial charge in [-0.3, -0.25) is 14.4 Å². The van der Waals surface area contributed by atoms with Crippen molar-refractivity contribution < 1.29 is 33.3 Å². The van der Waals surface area contributed by atoms with Crippen molar-refractivity contribution in [3.05, 3.63) is 0 Å². The van der Waals surface area contributed by atoms with Gasteiger partial charge >= 0.3 is 17.9 Å². The average molecular weight is 402 g/mol. The fourth-order valence-corrected chi connectivity index (χ4v) is 3.44. The van der Waals surface area contributed by atoms with Gasteiger partial charge < -0.3 is 29.2 Å². The molecule has 152 valence electrons. The standard InChI is InChI=1S/C17H26N2O7S/c1-10(20)23-9-13-14(24-11(2)21)15(25-12(3)22)16(26-13)18-17(27)19-7-5-4-6-8-19/h13-16H,4-9H2,1-3H3,(H,18,27)/t13-,14-,15-,16-/m1/s1. The number of hydrogen-bond acceptors (Lipinski definition) is 8. The summed E-state index contributed by atoms with van der Waals surface area (Å²) in [7, 11) is 0. The van der Waals surface area contributed by atoms with Gasteiger partial charge in [0.15, 0.2) is 23.5 Å². The average Bonchev–Trinajstić information content (AvgIpc) is 2.89. The van der Waals surface area contributed by atoms with Crippen molar-refractivity contribution in [1.82, 2.24) is 10.2 Å².